The lowest BCUT2D eigenvalue weighted by Gasteiger charge is -2.00. The lowest BCUT2D eigenvalue weighted by atomic mass is 10.1. The van der Waals surface area contributed by atoms with Crippen LogP contribution in [0, 0.1) is 6.20 Å². The fraction of sp³-hybridized carbons (Fsp3) is 0. The molecule has 0 aliphatic rings. The lowest BCUT2D eigenvalue weighted by Crippen LogP contribution is -1.82. The third kappa shape index (κ3) is 0.973. The zero-order valence-electron chi connectivity index (χ0n) is 7.44. The van der Waals surface area contributed by atoms with Crippen LogP contribution in [0.15, 0.2) is 42.7 Å². The van der Waals surface area contributed by atoms with Crippen LogP contribution in [0.1, 0.15) is 0 Å². The highest BCUT2D eigenvalue weighted by atomic mass is 14.7. The van der Waals surface area contributed by atoms with E-state index in [-0.39, 0.29) is 0 Å². The van der Waals surface area contributed by atoms with Gasteiger partial charge in [0.1, 0.15) is 0 Å². The van der Waals surface area contributed by atoms with Gasteiger partial charge in [-0.05, 0) is 11.5 Å². The molecule has 3 aromatic rings. The molecule has 0 aliphatic heterocycles. The Kier molecular flexibility index (Phi) is 1.47. The molecule has 1 aromatic carbocycles. The van der Waals surface area contributed by atoms with Crippen LogP contribution in [0.2, 0.25) is 0 Å². The Labute approximate surface area is 81.2 Å². The first-order chi connectivity index (χ1) is 6.95. The van der Waals surface area contributed by atoms with Crippen molar-refractivity contribution in [2.45, 2.75) is 0 Å². The third-order valence-electron chi connectivity index (χ3n) is 2.31. The van der Waals surface area contributed by atoms with Gasteiger partial charge in [-0.15, -0.1) is 0 Å². The van der Waals surface area contributed by atoms with Gasteiger partial charge in [0.05, 0.1) is 11.7 Å². The van der Waals surface area contributed by atoms with E-state index in [4.69, 9.17) is 0 Å². The van der Waals surface area contributed by atoms with E-state index in [0.717, 1.165) is 21.7 Å². The van der Waals surface area contributed by atoms with E-state index in [0.29, 0.717) is 0 Å². The molecule has 0 saturated carbocycles. The molecule has 0 aliphatic carbocycles. The molecule has 2 nitrogen and oxygen atoms in total. The van der Waals surface area contributed by atoms with Gasteiger partial charge in [-0.1, -0.05) is 24.3 Å². The molecule has 0 N–H and O–H groups in total. The van der Waals surface area contributed by atoms with E-state index in [1.54, 1.807) is 6.20 Å². The average molecular weight is 179 g/mol. The Morgan fingerprint density at radius 2 is 2.00 bits per heavy atom. The minimum atomic E-state index is 0.943. The number of hydrogen-bond acceptors (Lipinski definition) is 2. The summed E-state index contributed by atoms with van der Waals surface area (Å²) in [5, 5.41) is 3.28. The van der Waals surface area contributed by atoms with Crippen LogP contribution < -0.4 is 0 Å². The van der Waals surface area contributed by atoms with Crippen LogP contribution >= 0.6 is 0 Å². The third-order valence-corrected chi connectivity index (χ3v) is 2.31. The zero-order valence-corrected chi connectivity index (χ0v) is 7.44. The van der Waals surface area contributed by atoms with Crippen molar-refractivity contribution in [1.82, 2.24) is 9.97 Å². The summed E-state index contributed by atoms with van der Waals surface area (Å²) >= 11 is 0. The van der Waals surface area contributed by atoms with Crippen molar-refractivity contribution < 1.29 is 0 Å². The van der Waals surface area contributed by atoms with Gasteiger partial charge in [0.2, 0.25) is 0 Å². The summed E-state index contributed by atoms with van der Waals surface area (Å²) in [6.45, 7) is 0. The summed E-state index contributed by atoms with van der Waals surface area (Å²) in [6, 6.07) is 10.0. The van der Waals surface area contributed by atoms with Gasteiger partial charge in [-0.2, -0.15) is 0 Å². The van der Waals surface area contributed by atoms with Crippen LogP contribution in [0.3, 0.4) is 0 Å². The van der Waals surface area contributed by atoms with E-state index in [1.807, 2.05) is 30.5 Å². The largest absolute Gasteiger partial charge is 0.255 e. The van der Waals surface area contributed by atoms with Crippen molar-refractivity contribution in [2.75, 3.05) is 0 Å². The molecular weight excluding hydrogens is 172 g/mol. The fourth-order valence-corrected chi connectivity index (χ4v) is 1.63. The Morgan fingerprint density at radius 1 is 1.07 bits per heavy atom. The van der Waals surface area contributed by atoms with Crippen molar-refractivity contribution in [1.29, 1.82) is 0 Å². The smallest absolute Gasteiger partial charge is 0.0993 e. The predicted octanol–water partition coefficient (Wildman–Crippen LogP) is 2.58. The highest BCUT2D eigenvalue weighted by Crippen LogP contribution is 2.21. The fourth-order valence-electron chi connectivity index (χ4n) is 1.63. The number of fused-ring (bicyclic) bond motifs is 3. The van der Waals surface area contributed by atoms with Crippen LogP contribution in [0.5, 0.6) is 0 Å². The number of nitrogens with zero attached hydrogens (tertiary/aromatic N) is 2. The van der Waals surface area contributed by atoms with Gasteiger partial charge < -0.3 is 0 Å². The molecular formula is C12H7N2. The Hall–Kier alpha value is -1.96. The first-order valence-electron chi connectivity index (χ1n) is 4.45. The van der Waals surface area contributed by atoms with Crippen molar-refractivity contribution >= 4 is 21.7 Å². The van der Waals surface area contributed by atoms with Crippen molar-refractivity contribution in [3.8, 4) is 0 Å². The van der Waals surface area contributed by atoms with E-state index in [2.05, 4.69) is 22.2 Å². The zero-order chi connectivity index (χ0) is 9.38. The van der Waals surface area contributed by atoms with E-state index in [9.17, 15) is 0 Å². The Balaban J connectivity index is 2.61. The summed E-state index contributed by atoms with van der Waals surface area (Å²) in [5.41, 5.74) is 0.943. The monoisotopic (exact) mass is 179 g/mol. The molecule has 0 amide bonds. The van der Waals surface area contributed by atoms with Crippen molar-refractivity contribution in [2.24, 2.45) is 0 Å². The van der Waals surface area contributed by atoms with Gasteiger partial charge >= 0.3 is 0 Å². The second-order valence-electron chi connectivity index (χ2n) is 3.16. The Morgan fingerprint density at radius 3 is 3.00 bits per heavy atom. The SMILES string of the molecule is [c]1nccc2ncc3ccccc3c12. The van der Waals surface area contributed by atoms with E-state index < -0.39 is 0 Å². The predicted molar refractivity (Wildman–Crippen MR) is 55.9 cm³/mol. The molecule has 0 atom stereocenters. The number of pyridine rings is 2. The molecule has 0 fully saturated rings. The van der Waals surface area contributed by atoms with Crippen molar-refractivity contribution in [3.63, 3.8) is 0 Å². The van der Waals surface area contributed by atoms with Gasteiger partial charge in [0.25, 0.3) is 0 Å². The van der Waals surface area contributed by atoms with Gasteiger partial charge in [-0.3, -0.25) is 9.97 Å². The topological polar surface area (TPSA) is 25.8 Å². The highest BCUT2D eigenvalue weighted by molar-refractivity contribution is 6.04. The second-order valence-corrected chi connectivity index (χ2v) is 3.16. The quantitative estimate of drug-likeness (QED) is 0.496. The molecule has 0 unspecified atom stereocenters. The number of aromatic nitrogens is 2. The maximum absolute atomic E-state index is 4.34. The van der Waals surface area contributed by atoms with E-state index in [1.165, 1.54) is 0 Å². The van der Waals surface area contributed by atoms with Crippen molar-refractivity contribution in [3.05, 3.63) is 48.9 Å². The molecule has 0 spiro atoms. The summed E-state index contributed by atoms with van der Waals surface area (Å²) < 4.78 is 0. The molecule has 2 heteroatoms. The minimum absolute atomic E-state index is 0.943. The molecule has 1 radical (unpaired) electrons. The second kappa shape index (κ2) is 2.77. The molecule has 2 heterocycles. The molecule has 0 bridgehead atoms. The van der Waals surface area contributed by atoms with E-state index >= 15 is 0 Å². The Bertz CT molecular complexity index is 547. The first-order valence-corrected chi connectivity index (χ1v) is 4.45. The molecule has 65 valence electrons. The lowest BCUT2D eigenvalue weighted by molar-refractivity contribution is 1.32. The first kappa shape index (κ1) is 7.44. The number of benzene rings is 1. The molecule has 0 saturated heterocycles. The van der Waals surface area contributed by atoms with Crippen LogP contribution in [0.4, 0.5) is 0 Å². The molecule has 2 aromatic heterocycles. The number of rotatable bonds is 0. The standard InChI is InChI=1S/C12H7N2/c1-2-4-10-9(3-1)7-14-12-5-6-13-8-11(10)12/h1-7H. The van der Waals surface area contributed by atoms with Crippen LogP contribution in [-0.2, 0) is 0 Å². The normalized spacial score (nSPS) is 10.9. The summed E-state index contributed by atoms with van der Waals surface area (Å²) in [4.78, 5) is 8.34. The highest BCUT2D eigenvalue weighted by Gasteiger charge is 1.99. The van der Waals surface area contributed by atoms with Gasteiger partial charge in [-0.25, -0.2) is 0 Å². The summed E-state index contributed by atoms with van der Waals surface area (Å²) in [5.74, 6) is 0. The average Bonchev–Trinajstić information content (AvgIpc) is 2.29. The van der Waals surface area contributed by atoms with Gasteiger partial charge in [0.15, 0.2) is 0 Å². The molecule has 3 rings (SSSR count). The van der Waals surface area contributed by atoms with Gasteiger partial charge in [0, 0.05) is 23.2 Å². The maximum atomic E-state index is 4.34. The maximum Gasteiger partial charge on any atom is 0.0993 e. The minimum Gasteiger partial charge on any atom is -0.255 e. The summed E-state index contributed by atoms with van der Waals surface area (Å²) in [7, 11) is 0. The van der Waals surface area contributed by atoms with Crippen LogP contribution in [-0.4, -0.2) is 9.97 Å². The molecule has 14 heavy (non-hydrogen) atoms. The number of hydrogen-bond donors (Lipinski definition) is 0. The summed E-state index contributed by atoms with van der Waals surface area (Å²) in [6.07, 6.45) is 6.57. The van der Waals surface area contributed by atoms with Crippen LogP contribution in [0.25, 0.3) is 21.7 Å².